The van der Waals surface area contributed by atoms with Crippen molar-refractivity contribution in [3.05, 3.63) is 48.0 Å². The molecule has 0 saturated heterocycles. The standard InChI is InChI=1S/C16H19NO/c1-3-17(2)16(18)12-11-14-9-6-8-13-7-4-5-10-15(13)14/h4-10H,3,11-12H2,1-2H3. The Bertz CT molecular complexity index is 542. The van der Waals surface area contributed by atoms with Crippen molar-refractivity contribution in [3.8, 4) is 0 Å². The van der Waals surface area contributed by atoms with Crippen molar-refractivity contribution in [3.63, 3.8) is 0 Å². The molecule has 0 heterocycles. The zero-order valence-corrected chi connectivity index (χ0v) is 11.0. The van der Waals surface area contributed by atoms with Crippen LogP contribution < -0.4 is 0 Å². The van der Waals surface area contributed by atoms with Crippen LogP contribution in [0.1, 0.15) is 18.9 Å². The van der Waals surface area contributed by atoms with Gasteiger partial charge in [-0.15, -0.1) is 0 Å². The second kappa shape index (κ2) is 5.67. The summed E-state index contributed by atoms with van der Waals surface area (Å²) in [5.41, 5.74) is 1.26. The fourth-order valence-corrected chi connectivity index (χ4v) is 2.12. The molecule has 18 heavy (non-hydrogen) atoms. The molecule has 0 spiro atoms. The van der Waals surface area contributed by atoms with Gasteiger partial charge in [0.2, 0.25) is 5.91 Å². The summed E-state index contributed by atoms with van der Waals surface area (Å²) in [6.45, 7) is 2.77. The van der Waals surface area contributed by atoms with E-state index < -0.39 is 0 Å². The molecule has 0 bridgehead atoms. The number of benzene rings is 2. The average molecular weight is 241 g/mol. The van der Waals surface area contributed by atoms with Crippen LogP contribution in [0.5, 0.6) is 0 Å². The van der Waals surface area contributed by atoms with E-state index in [2.05, 4.69) is 30.3 Å². The van der Waals surface area contributed by atoms with Crippen molar-refractivity contribution in [1.82, 2.24) is 4.90 Å². The van der Waals surface area contributed by atoms with Crippen molar-refractivity contribution in [2.45, 2.75) is 19.8 Å². The highest BCUT2D eigenvalue weighted by molar-refractivity contribution is 5.86. The van der Waals surface area contributed by atoms with Crippen LogP contribution in [0.15, 0.2) is 42.5 Å². The quantitative estimate of drug-likeness (QED) is 0.804. The van der Waals surface area contributed by atoms with Crippen LogP contribution in [0.4, 0.5) is 0 Å². The highest BCUT2D eigenvalue weighted by atomic mass is 16.2. The molecule has 0 fully saturated rings. The molecule has 0 aliphatic rings. The monoisotopic (exact) mass is 241 g/mol. The van der Waals surface area contributed by atoms with Gasteiger partial charge in [-0.1, -0.05) is 42.5 Å². The number of amides is 1. The minimum atomic E-state index is 0.213. The summed E-state index contributed by atoms with van der Waals surface area (Å²) in [7, 11) is 1.85. The van der Waals surface area contributed by atoms with Gasteiger partial charge in [-0.2, -0.15) is 0 Å². The van der Waals surface area contributed by atoms with Crippen LogP contribution in [0.25, 0.3) is 10.8 Å². The predicted molar refractivity (Wildman–Crippen MR) is 75.6 cm³/mol. The summed E-state index contributed by atoms with van der Waals surface area (Å²) >= 11 is 0. The molecular formula is C16H19NO. The van der Waals surface area contributed by atoms with Gasteiger partial charge in [0.05, 0.1) is 0 Å². The first kappa shape index (κ1) is 12.6. The second-order valence-corrected chi connectivity index (χ2v) is 4.55. The van der Waals surface area contributed by atoms with Gasteiger partial charge in [0.25, 0.3) is 0 Å². The lowest BCUT2D eigenvalue weighted by molar-refractivity contribution is -0.129. The summed E-state index contributed by atoms with van der Waals surface area (Å²) in [6, 6.07) is 14.6. The molecule has 1 amide bonds. The Balaban J connectivity index is 2.15. The largest absolute Gasteiger partial charge is 0.346 e. The van der Waals surface area contributed by atoms with Gasteiger partial charge < -0.3 is 4.90 Å². The lowest BCUT2D eigenvalue weighted by Gasteiger charge is -2.14. The summed E-state index contributed by atoms with van der Waals surface area (Å²) in [4.78, 5) is 13.6. The van der Waals surface area contributed by atoms with E-state index in [1.54, 1.807) is 4.90 Å². The molecule has 0 unspecified atom stereocenters. The van der Waals surface area contributed by atoms with Crippen LogP contribution in [0.2, 0.25) is 0 Å². The number of hydrogen-bond acceptors (Lipinski definition) is 1. The Labute approximate surface area is 108 Å². The van der Waals surface area contributed by atoms with E-state index in [0.717, 1.165) is 13.0 Å². The third-order valence-electron chi connectivity index (χ3n) is 3.39. The number of fused-ring (bicyclic) bond motifs is 1. The second-order valence-electron chi connectivity index (χ2n) is 4.55. The number of hydrogen-bond donors (Lipinski definition) is 0. The smallest absolute Gasteiger partial charge is 0.222 e. The van der Waals surface area contributed by atoms with Crippen LogP contribution in [-0.4, -0.2) is 24.4 Å². The van der Waals surface area contributed by atoms with Gasteiger partial charge in [0.1, 0.15) is 0 Å². The number of carbonyl (C=O) groups excluding carboxylic acids is 1. The molecule has 0 radical (unpaired) electrons. The summed E-state index contributed by atoms with van der Waals surface area (Å²) in [5.74, 6) is 0.213. The number of rotatable bonds is 4. The molecule has 0 aliphatic heterocycles. The van der Waals surface area contributed by atoms with E-state index >= 15 is 0 Å². The predicted octanol–water partition coefficient (Wildman–Crippen LogP) is 3.25. The van der Waals surface area contributed by atoms with Gasteiger partial charge in [0.15, 0.2) is 0 Å². The van der Waals surface area contributed by atoms with Crippen molar-refractivity contribution in [2.24, 2.45) is 0 Å². The van der Waals surface area contributed by atoms with Gasteiger partial charge >= 0.3 is 0 Å². The first-order chi connectivity index (χ1) is 8.72. The molecule has 2 heteroatoms. The molecule has 2 aromatic carbocycles. The topological polar surface area (TPSA) is 20.3 Å². The van der Waals surface area contributed by atoms with Crippen molar-refractivity contribution < 1.29 is 4.79 Å². The Morgan fingerprint density at radius 1 is 1.11 bits per heavy atom. The Hall–Kier alpha value is -1.83. The van der Waals surface area contributed by atoms with Gasteiger partial charge in [-0.05, 0) is 29.7 Å². The van der Waals surface area contributed by atoms with Crippen molar-refractivity contribution in [2.75, 3.05) is 13.6 Å². The molecule has 2 aromatic rings. The third kappa shape index (κ3) is 2.70. The molecule has 2 nitrogen and oxygen atoms in total. The lowest BCUT2D eigenvalue weighted by atomic mass is 10.0. The Kier molecular flexibility index (Phi) is 3.98. The number of carbonyl (C=O) groups is 1. The molecular weight excluding hydrogens is 222 g/mol. The SMILES string of the molecule is CCN(C)C(=O)CCc1cccc2ccccc12. The fraction of sp³-hybridized carbons (Fsp3) is 0.312. The van der Waals surface area contributed by atoms with Gasteiger partial charge in [-0.3, -0.25) is 4.79 Å². The zero-order chi connectivity index (χ0) is 13.0. The summed E-state index contributed by atoms with van der Waals surface area (Å²) in [6.07, 6.45) is 1.39. The van der Waals surface area contributed by atoms with Gasteiger partial charge in [-0.25, -0.2) is 0 Å². The normalized spacial score (nSPS) is 10.6. The van der Waals surface area contributed by atoms with Crippen LogP contribution in [0.3, 0.4) is 0 Å². The highest BCUT2D eigenvalue weighted by Crippen LogP contribution is 2.19. The van der Waals surface area contributed by atoms with E-state index in [9.17, 15) is 4.79 Å². The van der Waals surface area contributed by atoms with E-state index in [1.165, 1.54) is 16.3 Å². The van der Waals surface area contributed by atoms with Gasteiger partial charge in [0, 0.05) is 20.0 Å². The maximum atomic E-state index is 11.8. The van der Waals surface area contributed by atoms with Crippen molar-refractivity contribution >= 4 is 16.7 Å². The first-order valence-electron chi connectivity index (χ1n) is 6.43. The zero-order valence-electron chi connectivity index (χ0n) is 11.0. The first-order valence-corrected chi connectivity index (χ1v) is 6.43. The van der Waals surface area contributed by atoms with E-state index in [0.29, 0.717) is 6.42 Å². The molecule has 94 valence electrons. The van der Waals surface area contributed by atoms with Crippen molar-refractivity contribution in [1.29, 1.82) is 0 Å². The molecule has 0 N–H and O–H groups in total. The Morgan fingerprint density at radius 3 is 2.61 bits per heavy atom. The Morgan fingerprint density at radius 2 is 1.83 bits per heavy atom. The van der Waals surface area contributed by atoms with E-state index in [1.807, 2.05) is 26.1 Å². The summed E-state index contributed by atoms with van der Waals surface area (Å²) < 4.78 is 0. The number of aryl methyl sites for hydroxylation is 1. The summed E-state index contributed by atoms with van der Waals surface area (Å²) in [5, 5.41) is 2.50. The highest BCUT2D eigenvalue weighted by Gasteiger charge is 2.08. The third-order valence-corrected chi connectivity index (χ3v) is 3.39. The molecule has 2 rings (SSSR count). The maximum absolute atomic E-state index is 11.8. The van der Waals surface area contributed by atoms with Crippen LogP contribution in [0, 0.1) is 0 Å². The number of nitrogens with zero attached hydrogens (tertiary/aromatic N) is 1. The average Bonchev–Trinajstić information content (AvgIpc) is 2.43. The molecule has 0 saturated carbocycles. The molecule has 0 atom stereocenters. The lowest BCUT2D eigenvalue weighted by Crippen LogP contribution is -2.26. The maximum Gasteiger partial charge on any atom is 0.222 e. The van der Waals surface area contributed by atoms with Crippen LogP contribution >= 0.6 is 0 Å². The fourth-order valence-electron chi connectivity index (χ4n) is 2.12. The van der Waals surface area contributed by atoms with E-state index in [-0.39, 0.29) is 5.91 Å². The molecule has 0 aliphatic carbocycles. The minimum absolute atomic E-state index is 0.213. The van der Waals surface area contributed by atoms with E-state index in [4.69, 9.17) is 0 Å². The minimum Gasteiger partial charge on any atom is -0.346 e. The molecule has 0 aromatic heterocycles. The van der Waals surface area contributed by atoms with Crippen LogP contribution in [-0.2, 0) is 11.2 Å².